The third-order valence-electron chi connectivity index (χ3n) is 5.70. The number of aliphatic carboxylic acids is 1. The highest BCUT2D eigenvalue weighted by Crippen LogP contribution is 2.24. The molecule has 0 aliphatic carbocycles. The summed E-state index contributed by atoms with van der Waals surface area (Å²) in [5.41, 5.74) is 1.20. The second-order valence-electron chi connectivity index (χ2n) is 10.00. The van der Waals surface area contributed by atoms with Gasteiger partial charge in [0.25, 0.3) is 0 Å². The first-order valence-corrected chi connectivity index (χ1v) is 11.2. The molecule has 1 fully saturated rings. The largest absolute Gasteiger partial charge is 0.494 e. The van der Waals surface area contributed by atoms with E-state index in [9.17, 15) is 9.59 Å². The number of nitrogens with zero attached hydrogens (tertiary/aromatic N) is 1. The van der Waals surface area contributed by atoms with Gasteiger partial charge in [0.15, 0.2) is 5.60 Å². The maximum Gasteiger partial charge on any atom is 0.347 e. The number of hydrogen-bond acceptors (Lipinski definition) is 4. The Morgan fingerprint density at radius 1 is 1.03 bits per heavy atom. The molecule has 7 heteroatoms. The number of benzene rings is 2. The van der Waals surface area contributed by atoms with E-state index in [0.29, 0.717) is 37.6 Å². The Hall–Kier alpha value is -3.22. The van der Waals surface area contributed by atoms with Gasteiger partial charge in [-0.3, -0.25) is 0 Å². The molecular weight excluding hydrogens is 420 g/mol. The average Bonchev–Trinajstić information content (AvgIpc) is 3.08. The Balaban J connectivity index is 1.44. The number of urea groups is 1. The molecule has 0 radical (unpaired) electrons. The maximum atomic E-state index is 12.4. The Morgan fingerprint density at radius 2 is 1.64 bits per heavy atom. The minimum absolute atomic E-state index is 0.0327. The fourth-order valence-corrected chi connectivity index (χ4v) is 3.55. The molecule has 1 unspecified atom stereocenters. The predicted octanol–water partition coefficient (Wildman–Crippen LogP) is 4.59. The van der Waals surface area contributed by atoms with E-state index < -0.39 is 11.6 Å². The molecule has 0 spiro atoms. The van der Waals surface area contributed by atoms with Crippen LogP contribution in [0.3, 0.4) is 0 Å². The molecule has 178 valence electrons. The van der Waals surface area contributed by atoms with Crippen LogP contribution in [0.4, 0.5) is 4.79 Å². The number of nitrogens with one attached hydrogen (secondary N) is 1. The zero-order valence-corrected chi connectivity index (χ0v) is 20.1. The molecule has 33 heavy (non-hydrogen) atoms. The monoisotopic (exact) mass is 454 g/mol. The van der Waals surface area contributed by atoms with Gasteiger partial charge in [0.05, 0.1) is 12.6 Å². The zero-order chi connectivity index (χ0) is 24.2. The van der Waals surface area contributed by atoms with Crippen LogP contribution in [0.1, 0.15) is 52.2 Å². The quantitative estimate of drug-likeness (QED) is 0.579. The molecular formula is C26H34N2O5. The van der Waals surface area contributed by atoms with Crippen LogP contribution < -0.4 is 14.8 Å². The molecule has 2 aromatic rings. The first-order valence-electron chi connectivity index (χ1n) is 11.2. The SMILES string of the molecule is CC(C)(Oc1ccc(OCCC2CN(Cc3ccc(C(C)(C)C)cc3)C(=O)N2)cc1)C(=O)O. The van der Waals surface area contributed by atoms with Gasteiger partial charge in [0.1, 0.15) is 11.5 Å². The highest BCUT2D eigenvalue weighted by Gasteiger charge is 2.30. The highest BCUT2D eigenvalue weighted by atomic mass is 16.5. The van der Waals surface area contributed by atoms with Gasteiger partial charge in [-0.05, 0) is 54.7 Å². The minimum atomic E-state index is -1.30. The van der Waals surface area contributed by atoms with E-state index in [1.54, 1.807) is 24.3 Å². The van der Waals surface area contributed by atoms with Crippen LogP contribution in [0.25, 0.3) is 0 Å². The topological polar surface area (TPSA) is 88.1 Å². The van der Waals surface area contributed by atoms with Crippen molar-refractivity contribution in [1.29, 1.82) is 0 Å². The molecule has 1 atom stereocenters. The van der Waals surface area contributed by atoms with Gasteiger partial charge in [0.2, 0.25) is 0 Å². The summed E-state index contributed by atoms with van der Waals surface area (Å²) in [6, 6.07) is 15.3. The molecule has 2 aromatic carbocycles. The van der Waals surface area contributed by atoms with Crippen LogP contribution in [0.2, 0.25) is 0 Å². The van der Waals surface area contributed by atoms with Crippen molar-refractivity contribution in [3.8, 4) is 11.5 Å². The summed E-state index contributed by atoms with van der Waals surface area (Å²) in [5.74, 6) is 0.0944. The third-order valence-corrected chi connectivity index (χ3v) is 5.70. The lowest BCUT2D eigenvalue weighted by Crippen LogP contribution is -2.37. The van der Waals surface area contributed by atoms with Crippen molar-refractivity contribution < 1.29 is 24.2 Å². The Kier molecular flexibility index (Phi) is 7.20. The van der Waals surface area contributed by atoms with Crippen molar-refractivity contribution in [3.63, 3.8) is 0 Å². The molecule has 3 rings (SSSR count). The molecule has 0 aromatic heterocycles. The molecule has 2 N–H and O–H groups in total. The normalized spacial score (nSPS) is 16.5. The maximum absolute atomic E-state index is 12.4. The van der Waals surface area contributed by atoms with Crippen LogP contribution >= 0.6 is 0 Å². The second-order valence-corrected chi connectivity index (χ2v) is 10.00. The molecule has 0 bridgehead atoms. The van der Waals surface area contributed by atoms with Gasteiger partial charge in [-0.25, -0.2) is 9.59 Å². The predicted molar refractivity (Wildman–Crippen MR) is 127 cm³/mol. The number of amides is 2. The van der Waals surface area contributed by atoms with Gasteiger partial charge in [0, 0.05) is 19.5 Å². The summed E-state index contributed by atoms with van der Waals surface area (Å²) < 4.78 is 11.3. The zero-order valence-electron chi connectivity index (χ0n) is 20.1. The van der Waals surface area contributed by atoms with Crippen LogP contribution in [-0.4, -0.2) is 46.8 Å². The van der Waals surface area contributed by atoms with Crippen LogP contribution in [0, 0.1) is 0 Å². The number of carboxylic acid groups (broad SMARTS) is 1. The van der Waals surface area contributed by atoms with Crippen molar-refractivity contribution >= 4 is 12.0 Å². The van der Waals surface area contributed by atoms with Crippen LogP contribution in [0.15, 0.2) is 48.5 Å². The van der Waals surface area contributed by atoms with Crippen molar-refractivity contribution in [1.82, 2.24) is 10.2 Å². The Morgan fingerprint density at radius 3 is 2.21 bits per heavy atom. The standard InChI is InChI=1S/C26H34N2O5/c1-25(2,3)19-8-6-18(7-9-19)16-28-17-20(27-24(28)31)14-15-32-21-10-12-22(13-11-21)33-26(4,5)23(29)30/h6-13,20H,14-17H2,1-5H3,(H,27,31)(H,29,30). The van der Waals surface area contributed by atoms with E-state index >= 15 is 0 Å². The molecule has 1 heterocycles. The smallest absolute Gasteiger partial charge is 0.347 e. The first kappa shape index (κ1) is 24.4. The molecule has 1 aliphatic heterocycles. The molecule has 7 nitrogen and oxygen atoms in total. The van der Waals surface area contributed by atoms with Crippen molar-refractivity contribution in [2.75, 3.05) is 13.2 Å². The van der Waals surface area contributed by atoms with Gasteiger partial charge in [-0.1, -0.05) is 45.0 Å². The third kappa shape index (κ3) is 6.63. The molecule has 1 aliphatic rings. The first-order chi connectivity index (χ1) is 15.4. The van der Waals surface area contributed by atoms with Crippen molar-refractivity contribution in [3.05, 3.63) is 59.7 Å². The summed E-state index contributed by atoms with van der Waals surface area (Å²) in [4.78, 5) is 25.4. The number of rotatable bonds is 9. The number of hydrogen-bond donors (Lipinski definition) is 2. The minimum Gasteiger partial charge on any atom is -0.494 e. The summed E-state index contributed by atoms with van der Waals surface area (Å²) in [7, 11) is 0. The lowest BCUT2D eigenvalue weighted by atomic mass is 9.87. The van der Waals surface area contributed by atoms with Crippen molar-refractivity contribution in [2.45, 2.75) is 64.6 Å². The van der Waals surface area contributed by atoms with E-state index in [1.165, 1.54) is 19.4 Å². The van der Waals surface area contributed by atoms with Crippen LogP contribution in [-0.2, 0) is 16.8 Å². The number of carbonyl (C=O) groups is 2. The fourth-order valence-electron chi connectivity index (χ4n) is 3.55. The fraction of sp³-hybridized carbons (Fsp3) is 0.462. The summed E-state index contributed by atoms with van der Waals surface area (Å²) in [5, 5.41) is 12.2. The summed E-state index contributed by atoms with van der Waals surface area (Å²) in [6.45, 7) is 11.2. The van der Waals surface area contributed by atoms with E-state index in [4.69, 9.17) is 14.6 Å². The number of carboxylic acids is 1. The van der Waals surface area contributed by atoms with Crippen LogP contribution in [0.5, 0.6) is 11.5 Å². The molecule has 2 amide bonds. The van der Waals surface area contributed by atoms with E-state index in [1.807, 2.05) is 4.90 Å². The van der Waals surface area contributed by atoms with E-state index in [-0.39, 0.29) is 17.5 Å². The van der Waals surface area contributed by atoms with E-state index in [0.717, 1.165) is 5.56 Å². The lowest BCUT2D eigenvalue weighted by molar-refractivity contribution is -0.152. The van der Waals surface area contributed by atoms with Gasteiger partial charge >= 0.3 is 12.0 Å². The number of carbonyl (C=O) groups excluding carboxylic acids is 1. The summed E-state index contributed by atoms with van der Waals surface area (Å²) in [6.07, 6.45) is 0.690. The lowest BCUT2D eigenvalue weighted by Gasteiger charge is -2.21. The second kappa shape index (κ2) is 9.73. The van der Waals surface area contributed by atoms with Gasteiger partial charge in [-0.2, -0.15) is 0 Å². The van der Waals surface area contributed by atoms with Gasteiger partial charge < -0.3 is 24.8 Å². The summed E-state index contributed by atoms with van der Waals surface area (Å²) >= 11 is 0. The number of ether oxygens (including phenoxy) is 2. The Labute approximate surface area is 195 Å². The van der Waals surface area contributed by atoms with E-state index in [2.05, 4.69) is 50.4 Å². The molecule has 1 saturated heterocycles. The van der Waals surface area contributed by atoms with Crippen molar-refractivity contribution in [2.24, 2.45) is 0 Å². The Bertz CT molecular complexity index is 962. The molecule has 0 saturated carbocycles. The highest BCUT2D eigenvalue weighted by molar-refractivity contribution is 5.77. The van der Waals surface area contributed by atoms with Gasteiger partial charge in [-0.15, -0.1) is 0 Å². The average molecular weight is 455 g/mol.